The summed E-state index contributed by atoms with van der Waals surface area (Å²) < 4.78 is 45.6. The fraction of sp³-hybridized carbons (Fsp3) is 0.375. The zero-order valence-electron chi connectivity index (χ0n) is 18.0. The van der Waals surface area contributed by atoms with E-state index in [0.717, 1.165) is 35.1 Å². The van der Waals surface area contributed by atoms with E-state index in [0.29, 0.717) is 0 Å². The molecule has 10 heteroatoms. The fourth-order valence-electron chi connectivity index (χ4n) is 4.22. The molecule has 7 nitrogen and oxygen atoms in total. The van der Waals surface area contributed by atoms with E-state index in [-0.39, 0.29) is 24.9 Å². The molecular formula is C24H23F3N2O5. The van der Waals surface area contributed by atoms with Gasteiger partial charge in [0.15, 0.2) is 0 Å². The lowest BCUT2D eigenvalue weighted by Crippen LogP contribution is -2.57. The van der Waals surface area contributed by atoms with Gasteiger partial charge in [0, 0.05) is 5.92 Å². The normalized spacial score (nSPS) is 16.7. The number of hydrogen-bond acceptors (Lipinski definition) is 4. The molecule has 4 rings (SSSR count). The van der Waals surface area contributed by atoms with Crippen LogP contribution in [0.2, 0.25) is 0 Å². The van der Waals surface area contributed by atoms with E-state index in [1.165, 1.54) is 0 Å². The number of benzene rings is 2. The van der Waals surface area contributed by atoms with Crippen molar-refractivity contribution in [2.45, 2.75) is 43.4 Å². The molecule has 2 unspecified atom stereocenters. The van der Waals surface area contributed by atoms with E-state index in [1.807, 2.05) is 53.8 Å². The highest BCUT2D eigenvalue weighted by atomic mass is 19.4. The molecule has 0 aromatic heterocycles. The molecule has 0 bridgehead atoms. The van der Waals surface area contributed by atoms with Gasteiger partial charge in [0.05, 0.1) is 0 Å². The zero-order valence-corrected chi connectivity index (χ0v) is 18.0. The largest absolute Gasteiger partial charge is 0.480 e. The number of hydrogen-bond donors (Lipinski definition) is 3. The molecule has 1 saturated carbocycles. The molecule has 0 saturated heterocycles. The lowest BCUT2D eigenvalue weighted by atomic mass is 9.98. The molecule has 0 spiro atoms. The van der Waals surface area contributed by atoms with Crippen molar-refractivity contribution in [3.63, 3.8) is 0 Å². The van der Waals surface area contributed by atoms with Gasteiger partial charge in [-0.25, -0.2) is 9.59 Å². The molecule has 3 N–H and O–H groups in total. The van der Waals surface area contributed by atoms with Crippen LogP contribution in [0.3, 0.4) is 0 Å². The number of carbonyl (C=O) groups excluding carboxylic acids is 2. The number of alkyl carbamates (subject to hydrolysis) is 1. The number of carboxylic acids is 1. The summed E-state index contributed by atoms with van der Waals surface area (Å²) in [6, 6.07) is 10.5. The van der Waals surface area contributed by atoms with Crippen LogP contribution in [0.15, 0.2) is 48.5 Å². The van der Waals surface area contributed by atoms with Gasteiger partial charge in [-0.05, 0) is 34.6 Å². The zero-order chi connectivity index (χ0) is 24.5. The van der Waals surface area contributed by atoms with E-state index in [9.17, 15) is 32.7 Å². The summed E-state index contributed by atoms with van der Waals surface area (Å²) >= 11 is 0. The highest BCUT2D eigenvalue weighted by molar-refractivity contribution is 5.90. The summed E-state index contributed by atoms with van der Waals surface area (Å²) in [5, 5.41) is 12.7. The molecule has 0 heterocycles. The summed E-state index contributed by atoms with van der Waals surface area (Å²) in [6.45, 7) is -0.231. The monoisotopic (exact) mass is 476 g/mol. The maximum absolute atomic E-state index is 13.5. The van der Waals surface area contributed by atoms with Gasteiger partial charge in [0.25, 0.3) is 5.91 Å². The fourth-order valence-corrected chi connectivity index (χ4v) is 4.22. The quantitative estimate of drug-likeness (QED) is 0.537. The Morgan fingerprint density at radius 2 is 1.53 bits per heavy atom. The van der Waals surface area contributed by atoms with Crippen LogP contribution in [-0.2, 0) is 14.3 Å². The average Bonchev–Trinajstić information content (AvgIpc) is 3.55. The van der Waals surface area contributed by atoms with Gasteiger partial charge in [0.2, 0.25) is 6.04 Å². The van der Waals surface area contributed by atoms with E-state index < -0.39 is 36.2 Å². The van der Waals surface area contributed by atoms with E-state index in [1.54, 1.807) is 5.32 Å². The van der Waals surface area contributed by atoms with Crippen molar-refractivity contribution in [3.05, 3.63) is 59.7 Å². The number of ether oxygens (including phenoxy) is 1. The number of alkyl halides is 3. The highest BCUT2D eigenvalue weighted by Crippen LogP contribution is 2.44. The first-order valence-electron chi connectivity index (χ1n) is 10.9. The number of nitrogens with one attached hydrogen (secondary N) is 2. The van der Waals surface area contributed by atoms with Crippen molar-refractivity contribution in [1.29, 1.82) is 0 Å². The number of carboxylic acid groups (broad SMARTS) is 1. The number of amides is 2. The van der Waals surface area contributed by atoms with Crippen LogP contribution < -0.4 is 10.6 Å². The molecule has 2 aliphatic rings. The summed E-state index contributed by atoms with van der Waals surface area (Å²) in [5.74, 6) is -3.39. The Labute approximate surface area is 193 Å². The van der Waals surface area contributed by atoms with Crippen LogP contribution in [-0.4, -0.2) is 47.9 Å². The van der Waals surface area contributed by atoms with Gasteiger partial charge in [-0.1, -0.05) is 61.4 Å². The maximum atomic E-state index is 13.5. The second kappa shape index (κ2) is 9.36. The summed E-state index contributed by atoms with van der Waals surface area (Å²) in [7, 11) is 0. The lowest BCUT2D eigenvalue weighted by Gasteiger charge is -2.23. The standard InChI is InChI=1S/C24H23F3N2O5/c25-24(26,27)20(21(30)28-19(22(31)32)11-13-9-10-13)29-23(33)34-12-18-16-7-3-1-5-14(16)15-6-2-4-8-17(15)18/h1-8,13,18-20H,9-12H2,(H,28,30)(H,29,33)(H,31,32). The molecule has 0 aliphatic heterocycles. The molecule has 0 radical (unpaired) electrons. The maximum Gasteiger partial charge on any atom is 0.417 e. The van der Waals surface area contributed by atoms with Crippen LogP contribution >= 0.6 is 0 Å². The molecule has 2 aromatic rings. The summed E-state index contributed by atoms with van der Waals surface area (Å²) in [6.07, 6.45) is -5.00. The molecule has 34 heavy (non-hydrogen) atoms. The third-order valence-electron chi connectivity index (χ3n) is 6.08. The van der Waals surface area contributed by atoms with E-state index in [4.69, 9.17) is 4.74 Å². The van der Waals surface area contributed by atoms with E-state index in [2.05, 4.69) is 0 Å². The second-order valence-corrected chi connectivity index (χ2v) is 8.52. The van der Waals surface area contributed by atoms with Crippen molar-refractivity contribution in [3.8, 4) is 11.1 Å². The third kappa shape index (κ3) is 5.16. The topological polar surface area (TPSA) is 105 Å². The van der Waals surface area contributed by atoms with Crippen LogP contribution in [0, 0.1) is 5.92 Å². The Morgan fingerprint density at radius 3 is 2.03 bits per heavy atom. The predicted octanol–water partition coefficient (Wildman–Crippen LogP) is 3.83. The minimum absolute atomic E-state index is 0.0383. The molecular weight excluding hydrogens is 453 g/mol. The Morgan fingerprint density at radius 1 is 0.971 bits per heavy atom. The van der Waals surface area contributed by atoms with Crippen LogP contribution in [0.4, 0.5) is 18.0 Å². The van der Waals surface area contributed by atoms with Gasteiger partial charge >= 0.3 is 18.2 Å². The minimum atomic E-state index is -5.14. The van der Waals surface area contributed by atoms with E-state index >= 15 is 0 Å². The molecule has 1 fully saturated rings. The molecule has 2 atom stereocenters. The molecule has 2 amide bonds. The number of fused-ring (bicyclic) bond motifs is 3. The SMILES string of the molecule is O=C(NC(C(=O)NC(CC1CC1)C(=O)O)C(F)(F)F)OCC1c2ccccc2-c2ccccc21. The smallest absolute Gasteiger partial charge is 0.417 e. The van der Waals surface area contributed by atoms with Crippen molar-refractivity contribution >= 4 is 18.0 Å². The van der Waals surface area contributed by atoms with Crippen molar-refractivity contribution in [2.75, 3.05) is 6.61 Å². The van der Waals surface area contributed by atoms with Crippen LogP contribution in [0.25, 0.3) is 11.1 Å². The summed E-state index contributed by atoms with van der Waals surface area (Å²) in [5.41, 5.74) is 3.67. The number of rotatable bonds is 8. The molecule has 2 aromatic carbocycles. The van der Waals surface area contributed by atoms with Gasteiger partial charge in [-0.15, -0.1) is 0 Å². The average molecular weight is 476 g/mol. The Kier molecular flexibility index (Phi) is 6.49. The first-order chi connectivity index (χ1) is 16.1. The predicted molar refractivity (Wildman–Crippen MR) is 115 cm³/mol. The summed E-state index contributed by atoms with van der Waals surface area (Å²) in [4.78, 5) is 35.9. The van der Waals surface area contributed by atoms with Gasteiger partial charge in [0.1, 0.15) is 12.6 Å². The van der Waals surface area contributed by atoms with Gasteiger partial charge in [-0.2, -0.15) is 13.2 Å². The highest BCUT2D eigenvalue weighted by Gasteiger charge is 2.47. The number of halogens is 3. The molecule has 180 valence electrons. The first-order valence-corrected chi connectivity index (χ1v) is 10.9. The first kappa shape index (κ1) is 23.6. The van der Waals surface area contributed by atoms with Crippen LogP contribution in [0.1, 0.15) is 36.3 Å². The Bertz CT molecular complexity index is 1050. The van der Waals surface area contributed by atoms with Crippen LogP contribution in [0.5, 0.6) is 0 Å². The van der Waals surface area contributed by atoms with Crippen molar-refractivity contribution < 1.29 is 37.4 Å². The Balaban J connectivity index is 1.42. The minimum Gasteiger partial charge on any atom is -0.480 e. The van der Waals surface area contributed by atoms with Gasteiger partial charge < -0.3 is 20.5 Å². The molecule has 2 aliphatic carbocycles. The Hall–Kier alpha value is -3.56. The van der Waals surface area contributed by atoms with Crippen molar-refractivity contribution in [1.82, 2.24) is 10.6 Å². The second-order valence-electron chi connectivity index (χ2n) is 8.52. The van der Waals surface area contributed by atoms with Gasteiger partial charge in [-0.3, -0.25) is 4.79 Å². The number of aliphatic carboxylic acids is 1. The van der Waals surface area contributed by atoms with Crippen molar-refractivity contribution in [2.24, 2.45) is 5.92 Å². The lowest BCUT2D eigenvalue weighted by molar-refractivity contribution is -0.169. The third-order valence-corrected chi connectivity index (χ3v) is 6.08. The number of carbonyl (C=O) groups is 3.